The second-order valence-corrected chi connectivity index (χ2v) is 5.75. The molecular weight excluding hydrogens is 308 g/mol. The maximum absolute atomic E-state index is 5.68. The molecule has 1 aromatic carbocycles. The fraction of sp³-hybridized carbons (Fsp3) is 0.273. The predicted octanol–water partition coefficient (Wildman–Crippen LogP) is 4.06. The van der Waals surface area contributed by atoms with E-state index in [1.54, 1.807) is 11.3 Å². The highest BCUT2D eigenvalue weighted by molar-refractivity contribution is 9.10. The molecule has 2 aromatic rings. The van der Waals surface area contributed by atoms with Crippen LogP contribution < -0.4 is 0 Å². The SMILES string of the molecule is Cc1cc(Br)ccc1-c1nnc(CCCl)s1. The van der Waals surface area contributed by atoms with Crippen molar-refractivity contribution in [2.45, 2.75) is 13.3 Å². The van der Waals surface area contributed by atoms with Crippen LogP contribution in [0.3, 0.4) is 0 Å². The average Bonchev–Trinajstić information content (AvgIpc) is 2.67. The summed E-state index contributed by atoms with van der Waals surface area (Å²) in [6, 6.07) is 6.16. The summed E-state index contributed by atoms with van der Waals surface area (Å²) in [6.07, 6.45) is 0.787. The lowest BCUT2D eigenvalue weighted by molar-refractivity contribution is 0.989. The molecule has 0 aliphatic rings. The molecule has 0 aliphatic carbocycles. The van der Waals surface area contributed by atoms with Gasteiger partial charge in [0.15, 0.2) is 0 Å². The number of hydrogen-bond acceptors (Lipinski definition) is 3. The van der Waals surface area contributed by atoms with Gasteiger partial charge >= 0.3 is 0 Å². The standard InChI is InChI=1S/C11H10BrClN2S/c1-7-6-8(12)2-3-9(7)11-15-14-10(16-11)4-5-13/h2-3,6H,4-5H2,1H3. The first-order valence-corrected chi connectivity index (χ1v) is 7.00. The smallest absolute Gasteiger partial charge is 0.143 e. The third kappa shape index (κ3) is 2.62. The van der Waals surface area contributed by atoms with Crippen molar-refractivity contribution in [2.24, 2.45) is 0 Å². The zero-order chi connectivity index (χ0) is 11.5. The molecule has 84 valence electrons. The molecule has 0 saturated heterocycles. The number of halogens is 2. The number of alkyl halides is 1. The second kappa shape index (κ2) is 5.25. The van der Waals surface area contributed by atoms with Gasteiger partial charge in [0, 0.05) is 22.3 Å². The van der Waals surface area contributed by atoms with Crippen molar-refractivity contribution in [3.63, 3.8) is 0 Å². The van der Waals surface area contributed by atoms with Gasteiger partial charge in [-0.3, -0.25) is 0 Å². The van der Waals surface area contributed by atoms with Gasteiger partial charge in [0.25, 0.3) is 0 Å². The van der Waals surface area contributed by atoms with Gasteiger partial charge in [-0.2, -0.15) is 0 Å². The molecule has 0 unspecified atom stereocenters. The summed E-state index contributed by atoms with van der Waals surface area (Å²) in [6.45, 7) is 2.07. The van der Waals surface area contributed by atoms with Crippen LogP contribution in [0.4, 0.5) is 0 Å². The van der Waals surface area contributed by atoms with Crippen LogP contribution in [0.1, 0.15) is 10.6 Å². The summed E-state index contributed by atoms with van der Waals surface area (Å²) >= 11 is 10.7. The maximum atomic E-state index is 5.68. The van der Waals surface area contributed by atoms with Gasteiger partial charge < -0.3 is 0 Å². The van der Waals surface area contributed by atoms with Crippen LogP contribution in [-0.2, 0) is 6.42 Å². The first kappa shape index (κ1) is 12.0. The number of aryl methyl sites for hydroxylation is 2. The third-order valence-electron chi connectivity index (χ3n) is 2.19. The molecule has 1 heterocycles. The van der Waals surface area contributed by atoms with Gasteiger partial charge in [0.1, 0.15) is 10.0 Å². The Hall–Kier alpha value is -0.450. The molecule has 0 bridgehead atoms. The van der Waals surface area contributed by atoms with Gasteiger partial charge in [0.05, 0.1) is 0 Å². The molecule has 0 aliphatic heterocycles. The number of rotatable bonds is 3. The molecule has 0 atom stereocenters. The highest BCUT2D eigenvalue weighted by atomic mass is 79.9. The Morgan fingerprint density at radius 1 is 1.38 bits per heavy atom. The highest BCUT2D eigenvalue weighted by Crippen LogP contribution is 2.28. The molecule has 16 heavy (non-hydrogen) atoms. The monoisotopic (exact) mass is 316 g/mol. The van der Waals surface area contributed by atoms with E-state index in [-0.39, 0.29) is 0 Å². The zero-order valence-electron chi connectivity index (χ0n) is 8.70. The maximum Gasteiger partial charge on any atom is 0.148 e. The summed E-state index contributed by atoms with van der Waals surface area (Å²) in [5.41, 5.74) is 2.34. The Balaban J connectivity index is 2.35. The van der Waals surface area contributed by atoms with Crippen LogP contribution in [0.25, 0.3) is 10.6 Å². The summed E-state index contributed by atoms with van der Waals surface area (Å²) in [5, 5.41) is 10.3. The Labute approximate surface area is 112 Å². The molecule has 0 saturated carbocycles. The Kier molecular flexibility index (Phi) is 3.95. The van der Waals surface area contributed by atoms with Crippen molar-refractivity contribution < 1.29 is 0 Å². The van der Waals surface area contributed by atoms with Crippen molar-refractivity contribution in [1.29, 1.82) is 0 Å². The van der Waals surface area contributed by atoms with E-state index in [1.807, 2.05) is 6.07 Å². The summed E-state index contributed by atoms with van der Waals surface area (Å²) in [5.74, 6) is 0.591. The molecule has 0 radical (unpaired) electrons. The van der Waals surface area contributed by atoms with E-state index in [9.17, 15) is 0 Å². The van der Waals surface area contributed by atoms with Crippen molar-refractivity contribution in [3.8, 4) is 10.6 Å². The normalized spacial score (nSPS) is 10.7. The Morgan fingerprint density at radius 2 is 2.19 bits per heavy atom. The van der Waals surface area contributed by atoms with E-state index in [1.165, 1.54) is 5.56 Å². The summed E-state index contributed by atoms with van der Waals surface area (Å²) in [4.78, 5) is 0. The Bertz CT molecular complexity index is 498. The van der Waals surface area contributed by atoms with E-state index in [0.29, 0.717) is 5.88 Å². The largest absolute Gasteiger partial charge is 0.148 e. The minimum Gasteiger partial charge on any atom is -0.143 e. The van der Waals surface area contributed by atoms with Crippen LogP contribution in [0.5, 0.6) is 0 Å². The van der Waals surface area contributed by atoms with Crippen molar-refractivity contribution in [2.75, 3.05) is 5.88 Å². The second-order valence-electron chi connectivity index (χ2n) is 3.40. The molecule has 1 aromatic heterocycles. The first-order valence-electron chi connectivity index (χ1n) is 4.85. The molecule has 0 spiro atoms. The minimum absolute atomic E-state index is 0.591. The predicted molar refractivity (Wildman–Crippen MR) is 72.2 cm³/mol. The molecule has 0 N–H and O–H groups in total. The third-order valence-corrected chi connectivity index (χ3v) is 3.89. The van der Waals surface area contributed by atoms with Crippen molar-refractivity contribution in [1.82, 2.24) is 10.2 Å². The van der Waals surface area contributed by atoms with Gasteiger partial charge in [-0.05, 0) is 24.6 Å². The Morgan fingerprint density at radius 3 is 2.88 bits per heavy atom. The number of nitrogens with zero attached hydrogens (tertiary/aromatic N) is 2. The highest BCUT2D eigenvalue weighted by Gasteiger charge is 2.08. The van der Waals surface area contributed by atoms with E-state index in [2.05, 4.69) is 45.2 Å². The van der Waals surface area contributed by atoms with Gasteiger partial charge in [-0.15, -0.1) is 21.8 Å². The molecule has 2 rings (SSSR count). The van der Waals surface area contributed by atoms with Gasteiger partial charge in [0.2, 0.25) is 0 Å². The van der Waals surface area contributed by atoms with Crippen molar-refractivity contribution in [3.05, 3.63) is 33.2 Å². The molecule has 5 heteroatoms. The van der Waals surface area contributed by atoms with Crippen LogP contribution in [0, 0.1) is 6.92 Å². The van der Waals surface area contributed by atoms with Crippen LogP contribution in [0.15, 0.2) is 22.7 Å². The lowest BCUT2D eigenvalue weighted by Gasteiger charge is -2.01. The fourth-order valence-corrected chi connectivity index (χ4v) is 3.11. The van der Waals surface area contributed by atoms with Crippen LogP contribution in [0.2, 0.25) is 0 Å². The number of aromatic nitrogens is 2. The average molecular weight is 318 g/mol. The van der Waals surface area contributed by atoms with Gasteiger partial charge in [-0.1, -0.05) is 33.3 Å². The quantitative estimate of drug-likeness (QED) is 0.798. The van der Waals surface area contributed by atoms with Crippen LogP contribution in [-0.4, -0.2) is 16.1 Å². The summed E-state index contributed by atoms with van der Waals surface area (Å²) in [7, 11) is 0. The molecule has 0 amide bonds. The van der Waals surface area contributed by atoms with E-state index in [0.717, 1.165) is 26.5 Å². The molecule has 2 nitrogen and oxygen atoms in total. The number of hydrogen-bond donors (Lipinski definition) is 0. The van der Waals surface area contributed by atoms with E-state index >= 15 is 0 Å². The fourth-order valence-electron chi connectivity index (χ4n) is 1.41. The number of benzene rings is 1. The molecule has 0 fully saturated rings. The minimum atomic E-state index is 0.591. The van der Waals surface area contributed by atoms with Crippen LogP contribution >= 0.6 is 38.9 Å². The van der Waals surface area contributed by atoms with E-state index in [4.69, 9.17) is 11.6 Å². The zero-order valence-corrected chi connectivity index (χ0v) is 11.9. The topological polar surface area (TPSA) is 25.8 Å². The van der Waals surface area contributed by atoms with Gasteiger partial charge in [-0.25, -0.2) is 0 Å². The first-order chi connectivity index (χ1) is 7.70. The lowest BCUT2D eigenvalue weighted by atomic mass is 10.1. The van der Waals surface area contributed by atoms with E-state index < -0.39 is 0 Å². The summed E-state index contributed by atoms with van der Waals surface area (Å²) < 4.78 is 1.08. The molecular formula is C11H10BrClN2S. The van der Waals surface area contributed by atoms with Crippen molar-refractivity contribution >= 4 is 38.9 Å². The lowest BCUT2D eigenvalue weighted by Crippen LogP contribution is -1.83.